The van der Waals surface area contributed by atoms with Crippen LogP contribution in [0.3, 0.4) is 0 Å². The fourth-order valence-corrected chi connectivity index (χ4v) is 4.62. The Bertz CT molecular complexity index is 935. The average molecular weight is 481 g/mol. The second kappa shape index (κ2) is 14.6. The Morgan fingerprint density at radius 1 is 1.03 bits per heavy atom. The van der Waals surface area contributed by atoms with Crippen LogP contribution in [0.5, 0.6) is 0 Å². The average Bonchev–Trinajstić information content (AvgIpc) is 2.85. The predicted octanol–water partition coefficient (Wildman–Crippen LogP) is 4.29. The van der Waals surface area contributed by atoms with Crippen molar-refractivity contribution in [3.8, 4) is 0 Å². The summed E-state index contributed by atoms with van der Waals surface area (Å²) in [5, 5.41) is 11.9. The van der Waals surface area contributed by atoms with E-state index in [-0.39, 0.29) is 18.4 Å². The minimum absolute atomic E-state index is 0.0307. The molecule has 7 nitrogen and oxygen atoms in total. The number of rotatable bonds is 8. The van der Waals surface area contributed by atoms with Gasteiger partial charge in [-0.3, -0.25) is 19.5 Å². The summed E-state index contributed by atoms with van der Waals surface area (Å²) in [4.78, 5) is 34.0. The van der Waals surface area contributed by atoms with Gasteiger partial charge in [-0.25, -0.2) is 0 Å². The van der Waals surface area contributed by atoms with Crippen molar-refractivity contribution in [1.82, 2.24) is 15.2 Å². The van der Waals surface area contributed by atoms with Gasteiger partial charge < -0.3 is 15.3 Å². The molecule has 0 fully saturated rings. The Hall–Kier alpha value is -2.77. The molecule has 0 saturated carbocycles. The second-order valence-corrected chi connectivity index (χ2v) is 9.39. The van der Waals surface area contributed by atoms with Crippen LogP contribution in [-0.2, 0) is 17.9 Å². The highest BCUT2D eigenvalue weighted by molar-refractivity contribution is 5.97. The predicted molar refractivity (Wildman–Crippen MR) is 139 cm³/mol. The number of aliphatic hydroxyl groups excluding tert-OH is 1. The van der Waals surface area contributed by atoms with Crippen LogP contribution >= 0.6 is 0 Å². The molecule has 0 radical (unpaired) electrons. The van der Waals surface area contributed by atoms with Crippen molar-refractivity contribution in [2.24, 2.45) is 0 Å². The number of benzene rings is 1. The van der Waals surface area contributed by atoms with Gasteiger partial charge in [0.2, 0.25) is 5.91 Å². The molecule has 1 aliphatic heterocycles. The summed E-state index contributed by atoms with van der Waals surface area (Å²) in [6.45, 7) is 5.47. The third kappa shape index (κ3) is 8.75. The molecule has 3 rings (SSSR count). The number of fused-ring (bicyclic) bond motifs is 1. The lowest BCUT2D eigenvalue weighted by atomic mass is 10.0. The second-order valence-electron chi connectivity index (χ2n) is 9.39. The summed E-state index contributed by atoms with van der Waals surface area (Å²) in [6.07, 6.45) is 11.7. The number of aromatic nitrogens is 1. The Balaban J connectivity index is 1.86. The molecular weight excluding hydrogens is 440 g/mol. The van der Waals surface area contributed by atoms with Crippen LogP contribution in [0.4, 0.5) is 5.69 Å². The van der Waals surface area contributed by atoms with Gasteiger partial charge in [-0.1, -0.05) is 25.3 Å². The lowest BCUT2D eigenvalue weighted by Crippen LogP contribution is -2.33. The summed E-state index contributed by atoms with van der Waals surface area (Å²) >= 11 is 0. The number of nitrogens with zero attached hydrogens (tertiary/aromatic N) is 3. The van der Waals surface area contributed by atoms with Crippen molar-refractivity contribution in [3.63, 3.8) is 0 Å². The fraction of sp³-hybridized carbons (Fsp3) is 0.536. The molecule has 0 spiro atoms. The molecule has 2 aromatic rings. The Labute approximate surface area is 209 Å². The summed E-state index contributed by atoms with van der Waals surface area (Å²) in [7, 11) is 0. The van der Waals surface area contributed by atoms with E-state index in [2.05, 4.69) is 21.3 Å². The minimum Gasteiger partial charge on any atom is -0.396 e. The van der Waals surface area contributed by atoms with E-state index in [1.54, 1.807) is 13.1 Å². The number of carbonyl (C=O) groups excluding carboxylic acids is 2. The first kappa shape index (κ1) is 26.8. The zero-order chi connectivity index (χ0) is 24.9. The van der Waals surface area contributed by atoms with Crippen LogP contribution in [0, 0.1) is 0 Å². The van der Waals surface area contributed by atoms with Crippen LogP contribution in [0.25, 0.3) is 0 Å². The molecule has 0 atom stereocenters. The highest BCUT2D eigenvalue weighted by Crippen LogP contribution is 2.26. The van der Waals surface area contributed by atoms with E-state index in [0.29, 0.717) is 25.2 Å². The largest absolute Gasteiger partial charge is 0.396 e. The van der Waals surface area contributed by atoms with Gasteiger partial charge in [0.15, 0.2) is 0 Å². The van der Waals surface area contributed by atoms with Crippen molar-refractivity contribution in [2.75, 3.05) is 31.1 Å². The summed E-state index contributed by atoms with van der Waals surface area (Å²) in [5.74, 6) is -0.0701. The molecule has 0 aliphatic carbocycles. The maximum atomic E-state index is 12.9. The number of hydrogen-bond acceptors (Lipinski definition) is 5. The summed E-state index contributed by atoms with van der Waals surface area (Å²) in [6, 6.07) is 9.77. The van der Waals surface area contributed by atoms with Crippen LogP contribution in [-0.4, -0.2) is 53.0 Å². The molecule has 35 heavy (non-hydrogen) atoms. The topological polar surface area (TPSA) is 85.8 Å². The van der Waals surface area contributed by atoms with Gasteiger partial charge in [-0.05, 0) is 74.0 Å². The number of carbonyl (C=O) groups is 2. The quantitative estimate of drug-likeness (QED) is 0.551. The molecule has 2 N–H and O–H groups in total. The number of unbranched alkanes of at least 4 members (excludes halogenated alkanes) is 2. The van der Waals surface area contributed by atoms with Crippen LogP contribution < -0.4 is 10.2 Å². The monoisotopic (exact) mass is 480 g/mol. The number of anilines is 1. The third-order valence-corrected chi connectivity index (χ3v) is 6.51. The maximum absolute atomic E-state index is 12.9. The van der Waals surface area contributed by atoms with Crippen LogP contribution in [0.2, 0.25) is 0 Å². The third-order valence-electron chi connectivity index (χ3n) is 6.51. The van der Waals surface area contributed by atoms with Crippen molar-refractivity contribution in [2.45, 2.75) is 71.4 Å². The fourth-order valence-electron chi connectivity index (χ4n) is 4.62. The van der Waals surface area contributed by atoms with Crippen LogP contribution in [0.1, 0.15) is 79.8 Å². The number of hydrogen-bond donors (Lipinski definition) is 2. The zero-order valence-corrected chi connectivity index (χ0v) is 21.0. The van der Waals surface area contributed by atoms with Crippen molar-refractivity contribution in [3.05, 3.63) is 59.4 Å². The molecule has 1 aromatic carbocycles. The van der Waals surface area contributed by atoms with E-state index < -0.39 is 0 Å². The van der Waals surface area contributed by atoms with E-state index in [1.807, 2.05) is 35.4 Å². The number of nitrogens with one attached hydrogen (secondary N) is 1. The Kier molecular flexibility index (Phi) is 11.2. The molecule has 0 saturated heterocycles. The smallest absolute Gasteiger partial charge is 0.251 e. The first-order valence-corrected chi connectivity index (χ1v) is 13.0. The number of aliphatic hydroxyl groups is 1. The van der Waals surface area contributed by atoms with E-state index in [4.69, 9.17) is 5.11 Å². The molecule has 1 aliphatic rings. The molecular formula is C28H40N4O3. The molecule has 2 amide bonds. The van der Waals surface area contributed by atoms with E-state index in [1.165, 1.54) is 12.8 Å². The molecule has 2 heterocycles. The van der Waals surface area contributed by atoms with E-state index >= 15 is 0 Å². The SMILES string of the molecule is CC(=O)N1CCCCCCCN(Cc2cccnc2)Cc2cc(C(=O)NCCCCCO)ccc21. The maximum Gasteiger partial charge on any atom is 0.251 e. The molecule has 0 unspecified atom stereocenters. The van der Waals surface area contributed by atoms with Crippen molar-refractivity contribution in [1.29, 1.82) is 0 Å². The number of pyridine rings is 1. The Morgan fingerprint density at radius 3 is 2.57 bits per heavy atom. The van der Waals surface area contributed by atoms with E-state index in [0.717, 1.165) is 68.4 Å². The highest BCUT2D eigenvalue weighted by atomic mass is 16.3. The lowest BCUT2D eigenvalue weighted by Gasteiger charge is -2.29. The number of amides is 2. The Morgan fingerprint density at radius 2 is 1.83 bits per heavy atom. The van der Waals surface area contributed by atoms with Gasteiger partial charge >= 0.3 is 0 Å². The normalized spacial score (nSPS) is 15.5. The van der Waals surface area contributed by atoms with Gasteiger partial charge in [0.1, 0.15) is 0 Å². The first-order chi connectivity index (χ1) is 17.1. The van der Waals surface area contributed by atoms with Gasteiger partial charge in [0.25, 0.3) is 5.91 Å². The molecule has 190 valence electrons. The first-order valence-electron chi connectivity index (χ1n) is 13.0. The zero-order valence-electron chi connectivity index (χ0n) is 21.0. The standard InChI is InChI=1S/C28H40N4O3/c1-23(34)32-17-8-4-2-3-7-16-31(21-24-11-10-14-29-20-24)22-26-19-25(12-13-27(26)32)28(35)30-15-6-5-9-18-33/h10-14,19-20,33H,2-9,15-18,21-22H2,1H3,(H,30,35). The lowest BCUT2D eigenvalue weighted by molar-refractivity contribution is -0.116. The van der Waals surface area contributed by atoms with E-state index in [9.17, 15) is 9.59 Å². The van der Waals surface area contributed by atoms with Gasteiger partial charge in [-0.15, -0.1) is 0 Å². The van der Waals surface area contributed by atoms with Crippen LogP contribution in [0.15, 0.2) is 42.7 Å². The van der Waals surface area contributed by atoms with Crippen molar-refractivity contribution < 1.29 is 14.7 Å². The summed E-state index contributed by atoms with van der Waals surface area (Å²) in [5.41, 5.74) is 3.66. The minimum atomic E-state index is -0.101. The van der Waals surface area contributed by atoms with Crippen molar-refractivity contribution >= 4 is 17.5 Å². The summed E-state index contributed by atoms with van der Waals surface area (Å²) < 4.78 is 0. The molecule has 7 heteroatoms. The molecule has 0 bridgehead atoms. The highest BCUT2D eigenvalue weighted by Gasteiger charge is 2.20. The van der Waals surface area contributed by atoms with Gasteiger partial charge in [0.05, 0.1) is 0 Å². The molecule has 1 aromatic heterocycles. The van der Waals surface area contributed by atoms with Gasteiger partial charge in [-0.2, -0.15) is 0 Å². The van der Waals surface area contributed by atoms with Gasteiger partial charge in [0, 0.05) is 63.4 Å².